The van der Waals surface area contributed by atoms with Crippen molar-refractivity contribution in [2.75, 3.05) is 0 Å². The van der Waals surface area contributed by atoms with Crippen LogP contribution in [0.15, 0.2) is 94.7 Å². The van der Waals surface area contributed by atoms with E-state index >= 15 is 0 Å². The van der Waals surface area contributed by atoms with Gasteiger partial charge in [-0.25, -0.2) is 8.42 Å². The maximum absolute atomic E-state index is 11.9. The summed E-state index contributed by atoms with van der Waals surface area (Å²) in [6.07, 6.45) is 33.1. The number of aryl methyl sites for hydroxylation is 2. The van der Waals surface area contributed by atoms with Crippen LogP contribution in [-0.4, -0.2) is 68.8 Å². The first kappa shape index (κ1) is 58.3. The number of hydrogen-bond donors (Lipinski definition) is 2. The van der Waals surface area contributed by atoms with E-state index in [2.05, 4.69) is 13.8 Å². The SMILES string of the molecule is CCCCCCCCCCCCCCc1ccccc1Oc1ccc(S(=O)(=O)O)c(O)c1.CCCCCCCCCCCCCCc1ccccc1Oc1ccc(S(=O)(=O)[O-])c([O-])c1.[Ca+2]. The molecule has 0 fully saturated rings. The van der Waals surface area contributed by atoms with E-state index < -0.39 is 41.5 Å². The Morgan fingerprint density at radius 1 is 0.477 bits per heavy atom. The maximum Gasteiger partial charge on any atom is 2.00 e. The summed E-state index contributed by atoms with van der Waals surface area (Å²) in [6.45, 7) is 4.51. The molecule has 13 heteroatoms. The van der Waals surface area contributed by atoms with Crippen LogP contribution >= 0.6 is 0 Å². The molecule has 0 radical (unpaired) electrons. The van der Waals surface area contributed by atoms with Gasteiger partial charge in [-0.05, 0) is 79.3 Å². The minimum absolute atomic E-state index is 0. The van der Waals surface area contributed by atoms with Crippen LogP contribution in [0.3, 0.4) is 0 Å². The molecule has 4 aromatic carbocycles. The standard InChI is InChI=1S/2C26H38O5S.Ca/c2*1-2-3-4-5-6-7-8-9-10-11-12-13-16-22-17-14-15-18-25(22)31-23-19-20-26(24(27)21-23)32(28,29)30;/h2*14-15,17-21,27H,2-13,16H2,1H3,(H,28,29,30);/q;;+2/p-2. The number of unbranched alkanes of at least 4 members (excludes halogenated alkanes) is 22. The fraction of sp³-hybridized carbons (Fsp3) is 0.538. The van der Waals surface area contributed by atoms with Gasteiger partial charge in [-0.1, -0.05) is 197 Å². The normalized spacial score (nSPS) is 11.4. The Bertz CT molecular complexity index is 1970. The van der Waals surface area contributed by atoms with E-state index in [1.54, 1.807) is 0 Å². The van der Waals surface area contributed by atoms with Crippen molar-refractivity contribution >= 4 is 58.0 Å². The van der Waals surface area contributed by atoms with Gasteiger partial charge in [-0.15, -0.1) is 0 Å². The number of ether oxygens (including phenoxy) is 2. The monoisotopic (exact) mass is 962 g/mol. The molecule has 0 aliphatic carbocycles. The summed E-state index contributed by atoms with van der Waals surface area (Å²) in [6, 6.07) is 22.5. The second-order valence-electron chi connectivity index (χ2n) is 16.9. The average molecular weight is 963 g/mol. The Morgan fingerprint density at radius 3 is 1.15 bits per heavy atom. The van der Waals surface area contributed by atoms with E-state index in [0.29, 0.717) is 17.2 Å². The van der Waals surface area contributed by atoms with Crippen molar-refractivity contribution in [3.05, 3.63) is 96.1 Å². The van der Waals surface area contributed by atoms with Crippen LogP contribution in [0, 0.1) is 0 Å². The quantitative estimate of drug-likeness (QED) is 0.0272. The Hall–Kier alpha value is -2.84. The van der Waals surface area contributed by atoms with E-state index in [0.717, 1.165) is 55.0 Å². The third-order valence-corrected chi connectivity index (χ3v) is 13.2. The molecule has 0 bridgehead atoms. The van der Waals surface area contributed by atoms with Crippen molar-refractivity contribution in [1.82, 2.24) is 0 Å². The molecule has 2 N–H and O–H groups in total. The van der Waals surface area contributed by atoms with Crippen LogP contribution in [0.4, 0.5) is 0 Å². The molecule has 0 atom stereocenters. The topological polar surface area (TPSA) is 173 Å². The van der Waals surface area contributed by atoms with Gasteiger partial charge in [0.2, 0.25) is 0 Å². The molecule has 0 amide bonds. The first-order valence-corrected chi connectivity index (χ1v) is 26.8. The maximum atomic E-state index is 11.9. The smallest absolute Gasteiger partial charge is 0.872 e. The van der Waals surface area contributed by atoms with Gasteiger partial charge in [0.15, 0.2) is 0 Å². The minimum Gasteiger partial charge on any atom is -0.872 e. The van der Waals surface area contributed by atoms with Gasteiger partial charge in [-0.3, -0.25) is 4.55 Å². The number of hydrogen-bond acceptors (Lipinski definition) is 9. The Kier molecular flexibility index (Phi) is 30.1. The fourth-order valence-corrected chi connectivity index (χ4v) is 8.83. The zero-order valence-electron chi connectivity index (χ0n) is 39.2. The van der Waals surface area contributed by atoms with Crippen LogP contribution in [-0.2, 0) is 33.1 Å². The Morgan fingerprint density at radius 2 is 0.815 bits per heavy atom. The predicted molar refractivity (Wildman–Crippen MR) is 260 cm³/mol. The third-order valence-electron chi connectivity index (χ3n) is 11.4. The van der Waals surface area contributed by atoms with Gasteiger partial charge in [0, 0.05) is 11.0 Å². The second kappa shape index (κ2) is 33.6. The van der Waals surface area contributed by atoms with E-state index in [-0.39, 0.29) is 43.5 Å². The van der Waals surface area contributed by atoms with E-state index in [4.69, 9.17) is 14.0 Å². The third kappa shape index (κ3) is 24.7. The molecular weight excluding hydrogens is 889 g/mol. The largest absolute Gasteiger partial charge is 2.00 e. The fourth-order valence-electron chi connectivity index (χ4n) is 7.72. The van der Waals surface area contributed by atoms with Crippen molar-refractivity contribution in [1.29, 1.82) is 0 Å². The van der Waals surface area contributed by atoms with Crippen molar-refractivity contribution in [3.8, 4) is 34.5 Å². The summed E-state index contributed by atoms with van der Waals surface area (Å²) in [7, 11) is -9.25. The molecule has 4 rings (SSSR count). The molecular formula is C52H74CaO10S2. The number of para-hydroxylation sites is 2. The molecule has 0 saturated carbocycles. The first-order chi connectivity index (χ1) is 30.8. The van der Waals surface area contributed by atoms with Crippen molar-refractivity contribution in [2.45, 2.75) is 191 Å². The average Bonchev–Trinajstić information content (AvgIpc) is 3.25. The number of rotatable bonds is 32. The van der Waals surface area contributed by atoms with Crippen molar-refractivity contribution in [2.24, 2.45) is 0 Å². The number of aromatic hydroxyl groups is 1. The molecule has 0 spiro atoms. The molecule has 0 aliphatic rings. The van der Waals surface area contributed by atoms with Gasteiger partial charge >= 0.3 is 37.7 Å². The van der Waals surface area contributed by atoms with Gasteiger partial charge in [-0.2, -0.15) is 8.42 Å². The second-order valence-corrected chi connectivity index (χ2v) is 19.6. The summed E-state index contributed by atoms with van der Waals surface area (Å²) in [4.78, 5) is -1.29. The zero-order chi connectivity index (χ0) is 46.5. The summed E-state index contributed by atoms with van der Waals surface area (Å²) in [5.41, 5.74) is 2.13. The molecule has 4 aromatic rings. The van der Waals surface area contributed by atoms with E-state index in [1.807, 2.05) is 48.5 Å². The number of phenolic OH excluding ortho intramolecular Hbond substituents is 1. The minimum atomic E-state index is -4.78. The molecule has 0 unspecified atom stereocenters. The number of phenols is 1. The Balaban J connectivity index is 0.000000440. The summed E-state index contributed by atoms with van der Waals surface area (Å²) < 4.78 is 76.5. The molecule has 0 aromatic heterocycles. The van der Waals surface area contributed by atoms with Crippen LogP contribution in [0.1, 0.15) is 179 Å². The number of benzene rings is 4. The van der Waals surface area contributed by atoms with Crippen molar-refractivity contribution in [3.63, 3.8) is 0 Å². The van der Waals surface area contributed by atoms with Gasteiger partial charge < -0.3 is 24.2 Å². The summed E-state index contributed by atoms with van der Waals surface area (Å²) in [5.74, 6) is 0.489. The first-order valence-electron chi connectivity index (χ1n) is 23.9. The van der Waals surface area contributed by atoms with E-state index in [9.17, 15) is 31.6 Å². The van der Waals surface area contributed by atoms with Gasteiger partial charge in [0.05, 0.1) is 0 Å². The van der Waals surface area contributed by atoms with Gasteiger partial charge in [0.25, 0.3) is 10.1 Å². The molecule has 65 heavy (non-hydrogen) atoms. The molecule has 356 valence electrons. The van der Waals surface area contributed by atoms with Crippen LogP contribution in [0.25, 0.3) is 0 Å². The van der Waals surface area contributed by atoms with Gasteiger partial charge in [0.1, 0.15) is 43.8 Å². The summed E-state index contributed by atoms with van der Waals surface area (Å²) in [5, 5.41) is 21.8. The molecule has 0 heterocycles. The molecule has 0 aliphatic heterocycles. The predicted octanol–water partition coefficient (Wildman–Crippen LogP) is 14.0. The summed E-state index contributed by atoms with van der Waals surface area (Å²) >= 11 is 0. The zero-order valence-corrected chi connectivity index (χ0v) is 43.0. The van der Waals surface area contributed by atoms with Crippen LogP contribution in [0.5, 0.6) is 34.5 Å². The van der Waals surface area contributed by atoms with Crippen molar-refractivity contribution < 1.29 is 45.6 Å². The molecule has 0 saturated heterocycles. The Labute approximate surface area is 421 Å². The van der Waals surface area contributed by atoms with E-state index in [1.165, 1.54) is 159 Å². The van der Waals surface area contributed by atoms with Crippen LogP contribution < -0.4 is 14.6 Å². The molecule has 10 nitrogen and oxygen atoms in total. The van der Waals surface area contributed by atoms with Crippen LogP contribution in [0.2, 0.25) is 0 Å².